The van der Waals surface area contributed by atoms with Gasteiger partial charge in [-0.3, -0.25) is 14.5 Å². The molecule has 174 valence electrons. The first-order chi connectivity index (χ1) is 15.7. The number of hydrogen-bond acceptors (Lipinski definition) is 7. The van der Waals surface area contributed by atoms with Gasteiger partial charge in [0.2, 0.25) is 0 Å². The Kier molecular flexibility index (Phi) is 9.06. The Balaban J connectivity index is 1.79. The third-order valence-corrected chi connectivity index (χ3v) is 7.13. The van der Waals surface area contributed by atoms with Crippen molar-refractivity contribution in [2.24, 2.45) is 0 Å². The quantitative estimate of drug-likeness (QED) is 0.209. The van der Waals surface area contributed by atoms with Crippen molar-refractivity contribution in [3.05, 3.63) is 60.9 Å². The Labute approximate surface area is 219 Å². The van der Waals surface area contributed by atoms with Crippen molar-refractivity contribution < 1.29 is 23.8 Å². The molecule has 0 atom stereocenters. The van der Waals surface area contributed by atoms with Crippen molar-refractivity contribution in [2.75, 3.05) is 20.8 Å². The van der Waals surface area contributed by atoms with Crippen molar-refractivity contribution >= 4 is 85.4 Å². The number of thiocarbonyl (C=S) groups is 1. The summed E-state index contributed by atoms with van der Waals surface area (Å²) in [5.74, 6) is 0.298. The molecule has 0 spiro atoms. The topological polar surface area (TPSA) is 65.1 Å². The molecule has 1 heterocycles. The highest BCUT2D eigenvalue weighted by Gasteiger charge is 2.32. The predicted molar refractivity (Wildman–Crippen MR) is 138 cm³/mol. The second-order valence-corrected chi connectivity index (χ2v) is 10.1. The van der Waals surface area contributed by atoms with Crippen LogP contribution < -0.4 is 9.47 Å². The Morgan fingerprint density at radius 2 is 2.00 bits per heavy atom. The van der Waals surface area contributed by atoms with E-state index >= 15 is 0 Å². The van der Waals surface area contributed by atoms with Gasteiger partial charge in [-0.05, 0) is 51.8 Å². The maximum atomic E-state index is 12.8. The van der Waals surface area contributed by atoms with Crippen LogP contribution >= 0.6 is 63.1 Å². The van der Waals surface area contributed by atoms with Gasteiger partial charge < -0.3 is 14.2 Å². The molecule has 11 heteroatoms. The minimum Gasteiger partial charge on any atom is -0.493 e. The van der Waals surface area contributed by atoms with Crippen molar-refractivity contribution in [1.82, 2.24) is 4.90 Å². The van der Waals surface area contributed by atoms with E-state index in [9.17, 15) is 9.59 Å². The SMILES string of the molecule is COC(=O)CCN1C(=O)/C(=C/c2cc(Br)c(OCc3ccc(Cl)cc3Cl)c(OC)c2)SC1=S. The average Bonchev–Trinajstić information content (AvgIpc) is 3.04. The van der Waals surface area contributed by atoms with E-state index in [4.69, 9.17) is 44.9 Å². The molecule has 0 aromatic heterocycles. The van der Waals surface area contributed by atoms with Gasteiger partial charge in [0, 0.05) is 22.2 Å². The van der Waals surface area contributed by atoms with Crippen molar-refractivity contribution in [3.8, 4) is 11.5 Å². The van der Waals surface area contributed by atoms with E-state index in [-0.39, 0.29) is 25.5 Å². The summed E-state index contributed by atoms with van der Waals surface area (Å²) in [5.41, 5.74) is 1.48. The molecule has 0 radical (unpaired) electrons. The van der Waals surface area contributed by atoms with Crippen molar-refractivity contribution in [2.45, 2.75) is 13.0 Å². The molecule has 1 fully saturated rings. The first kappa shape index (κ1) is 25.8. The van der Waals surface area contributed by atoms with E-state index in [0.29, 0.717) is 40.8 Å². The van der Waals surface area contributed by atoms with Gasteiger partial charge in [-0.15, -0.1) is 0 Å². The molecule has 1 amide bonds. The van der Waals surface area contributed by atoms with Gasteiger partial charge in [0.05, 0.1) is 30.0 Å². The number of rotatable bonds is 8. The van der Waals surface area contributed by atoms with Crippen LogP contribution in [0.1, 0.15) is 17.5 Å². The van der Waals surface area contributed by atoms with Crippen LogP contribution in [-0.4, -0.2) is 41.9 Å². The molecule has 0 saturated carbocycles. The van der Waals surface area contributed by atoms with Crippen LogP contribution in [0.15, 0.2) is 39.7 Å². The summed E-state index contributed by atoms with van der Waals surface area (Å²) >= 11 is 22.2. The lowest BCUT2D eigenvalue weighted by molar-refractivity contribution is -0.140. The molecule has 0 bridgehead atoms. The second kappa shape index (κ2) is 11.6. The lowest BCUT2D eigenvalue weighted by Crippen LogP contribution is -2.30. The van der Waals surface area contributed by atoms with Gasteiger partial charge in [0.1, 0.15) is 10.9 Å². The standard InChI is InChI=1S/C22H18BrCl2NO5S2/c1-29-17-8-12(9-18-21(28)26(22(32)33-18)6-5-19(27)30-2)7-15(23)20(17)31-11-13-3-4-14(24)10-16(13)25/h3-4,7-10H,5-6,11H2,1-2H3/b18-9-. The minimum absolute atomic E-state index is 0.0687. The number of carbonyl (C=O) groups excluding carboxylic acids is 2. The first-order valence-electron chi connectivity index (χ1n) is 9.50. The number of ether oxygens (including phenoxy) is 3. The van der Waals surface area contributed by atoms with E-state index < -0.39 is 5.97 Å². The van der Waals surface area contributed by atoms with Crippen LogP contribution in [0.5, 0.6) is 11.5 Å². The summed E-state index contributed by atoms with van der Waals surface area (Å²) in [4.78, 5) is 26.0. The molecular weight excluding hydrogens is 573 g/mol. The fraction of sp³-hybridized carbons (Fsp3) is 0.227. The van der Waals surface area contributed by atoms with Gasteiger partial charge >= 0.3 is 5.97 Å². The molecule has 1 aliphatic rings. The number of amides is 1. The average molecular weight is 591 g/mol. The number of esters is 1. The molecule has 2 aromatic rings. The van der Waals surface area contributed by atoms with Crippen LogP contribution in [0.3, 0.4) is 0 Å². The smallest absolute Gasteiger partial charge is 0.307 e. The zero-order chi connectivity index (χ0) is 24.1. The monoisotopic (exact) mass is 589 g/mol. The van der Waals surface area contributed by atoms with Crippen LogP contribution in [0.25, 0.3) is 6.08 Å². The molecule has 0 N–H and O–H groups in total. The van der Waals surface area contributed by atoms with Gasteiger partial charge in [-0.25, -0.2) is 0 Å². The fourth-order valence-electron chi connectivity index (χ4n) is 2.90. The molecule has 1 aliphatic heterocycles. The third-order valence-electron chi connectivity index (χ3n) is 4.58. The van der Waals surface area contributed by atoms with Gasteiger partial charge in [-0.1, -0.05) is 53.2 Å². The van der Waals surface area contributed by atoms with Crippen LogP contribution in [-0.2, 0) is 20.9 Å². The van der Waals surface area contributed by atoms with Crippen LogP contribution in [0, 0.1) is 0 Å². The Hall–Kier alpha value is -1.78. The van der Waals surface area contributed by atoms with E-state index in [1.165, 1.54) is 30.9 Å². The molecule has 6 nitrogen and oxygen atoms in total. The third kappa shape index (κ3) is 6.42. The molecular formula is C22H18BrCl2NO5S2. The number of halogens is 3. The van der Waals surface area contributed by atoms with E-state index in [1.54, 1.807) is 30.3 Å². The van der Waals surface area contributed by atoms with Crippen molar-refractivity contribution in [3.63, 3.8) is 0 Å². The summed E-state index contributed by atoms with van der Waals surface area (Å²) in [7, 11) is 2.83. The van der Waals surface area contributed by atoms with Crippen LogP contribution in [0.4, 0.5) is 0 Å². The predicted octanol–water partition coefficient (Wildman–Crippen LogP) is 6.11. The number of methoxy groups -OCH3 is 2. The highest BCUT2D eigenvalue weighted by Crippen LogP contribution is 2.40. The highest BCUT2D eigenvalue weighted by molar-refractivity contribution is 9.10. The largest absolute Gasteiger partial charge is 0.493 e. The van der Waals surface area contributed by atoms with E-state index in [0.717, 1.165) is 5.56 Å². The number of carbonyl (C=O) groups is 2. The summed E-state index contributed by atoms with van der Waals surface area (Å²) in [6.07, 6.45) is 1.78. The molecule has 0 unspecified atom stereocenters. The molecule has 0 aliphatic carbocycles. The number of thioether (sulfide) groups is 1. The first-order valence-corrected chi connectivity index (χ1v) is 12.3. The summed E-state index contributed by atoms with van der Waals surface area (Å²) in [6, 6.07) is 8.75. The number of benzene rings is 2. The Bertz CT molecular complexity index is 1140. The molecule has 3 rings (SSSR count). The molecule has 2 aromatic carbocycles. The minimum atomic E-state index is -0.405. The van der Waals surface area contributed by atoms with Gasteiger partial charge in [0.25, 0.3) is 5.91 Å². The summed E-state index contributed by atoms with van der Waals surface area (Å²) in [6.45, 7) is 0.380. The van der Waals surface area contributed by atoms with Crippen molar-refractivity contribution in [1.29, 1.82) is 0 Å². The normalized spacial score (nSPS) is 14.7. The van der Waals surface area contributed by atoms with Gasteiger partial charge in [-0.2, -0.15) is 0 Å². The maximum absolute atomic E-state index is 12.8. The van der Waals surface area contributed by atoms with E-state index in [1.807, 2.05) is 6.07 Å². The highest BCUT2D eigenvalue weighted by atomic mass is 79.9. The lowest BCUT2D eigenvalue weighted by atomic mass is 10.1. The van der Waals surface area contributed by atoms with Gasteiger partial charge in [0.15, 0.2) is 11.5 Å². The lowest BCUT2D eigenvalue weighted by Gasteiger charge is -2.14. The molecule has 33 heavy (non-hydrogen) atoms. The zero-order valence-corrected chi connectivity index (χ0v) is 22.3. The van der Waals surface area contributed by atoms with Crippen LogP contribution in [0.2, 0.25) is 10.0 Å². The maximum Gasteiger partial charge on any atom is 0.307 e. The zero-order valence-electron chi connectivity index (χ0n) is 17.5. The fourth-order valence-corrected chi connectivity index (χ4v) is 5.25. The number of nitrogens with zero attached hydrogens (tertiary/aromatic N) is 1. The number of hydrogen-bond donors (Lipinski definition) is 0. The Morgan fingerprint density at radius 1 is 1.24 bits per heavy atom. The Morgan fingerprint density at radius 3 is 2.67 bits per heavy atom. The van der Waals surface area contributed by atoms with E-state index in [2.05, 4.69) is 20.7 Å². The summed E-state index contributed by atoms with van der Waals surface area (Å²) in [5, 5.41) is 1.05. The summed E-state index contributed by atoms with van der Waals surface area (Å²) < 4.78 is 17.1. The second-order valence-electron chi connectivity index (χ2n) is 6.72. The molecule has 1 saturated heterocycles.